The molecule has 0 heterocycles. The van der Waals surface area contributed by atoms with E-state index in [2.05, 4.69) is 32.5 Å². The van der Waals surface area contributed by atoms with Crippen molar-refractivity contribution in [3.05, 3.63) is 11.6 Å². The molecule has 0 aliphatic heterocycles. The van der Waals surface area contributed by atoms with Crippen molar-refractivity contribution in [2.75, 3.05) is 12.4 Å². The minimum Gasteiger partial charge on any atom is -0.396 e. The summed E-state index contributed by atoms with van der Waals surface area (Å²) in [5, 5.41) is 21.6. The topological polar surface area (TPSA) is 57.5 Å². The number of ketones is 1. The van der Waals surface area contributed by atoms with Crippen molar-refractivity contribution in [2.24, 2.45) is 28.6 Å². The summed E-state index contributed by atoms with van der Waals surface area (Å²) in [6, 6.07) is 0. The largest absolute Gasteiger partial charge is 0.396 e. The molecule has 0 spiro atoms. The van der Waals surface area contributed by atoms with E-state index in [1.807, 2.05) is 6.08 Å². The van der Waals surface area contributed by atoms with Gasteiger partial charge in [0, 0.05) is 18.3 Å². The number of carbonyl (C=O) groups excluding carboxylic acids is 1. The molecular formula is C24H38O3S. The number of rotatable bonds is 5. The standard InChI is InChI=1S/C24H38O3S/c1-4-28-20-15-16-14-17(26)6-10-22(16,2)18-7-11-23(3)19(21(18)20)8-12-24(23,27)9-5-13-25/h14,18-21,25,27H,4-13,15H2,1-3H3/t18-,19+,20?,21-,22+,23+,24?/m1/s1. The maximum Gasteiger partial charge on any atom is 0.155 e. The summed E-state index contributed by atoms with van der Waals surface area (Å²) in [7, 11) is 0. The maximum atomic E-state index is 12.2. The molecule has 4 aliphatic carbocycles. The van der Waals surface area contributed by atoms with Gasteiger partial charge in [0.15, 0.2) is 5.78 Å². The number of hydrogen-bond acceptors (Lipinski definition) is 4. The van der Waals surface area contributed by atoms with E-state index in [-0.39, 0.29) is 17.4 Å². The fraction of sp³-hybridized carbons (Fsp3) is 0.875. The fourth-order valence-electron chi connectivity index (χ4n) is 7.78. The fourth-order valence-corrected chi connectivity index (χ4v) is 9.11. The van der Waals surface area contributed by atoms with Crippen LogP contribution >= 0.6 is 11.8 Å². The Morgan fingerprint density at radius 1 is 1.18 bits per heavy atom. The summed E-state index contributed by atoms with van der Waals surface area (Å²) in [6.07, 6.45) is 10.5. The van der Waals surface area contributed by atoms with Crippen molar-refractivity contribution >= 4 is 17.5 Å². The Labute approximate surface area is 174 Å². The number of carbonyl (C=O) groups is 1. The van der Waals surface area contributed by atoms with Crippen LogP contribution in [0.1, 0.15) is 78.6 Å². The van der Waals surface area contributed by atoms with E-state index in [9.17, 15) is 15.0 Å². The van der Waals surface area contributed by atoms with Crippen LogP contribution < -0.4 is 0 Å². The Morgan fingerprint density at radius 3 is 2.64 bits per heavy atom. The third-order valence-corrected chi connectivity index (χ3v) is 10.7. The maximum absolute atomic E-state index is 12.2. The molecule has 4 aliphatic rings. The second kappa shape index (κ2) is 7.42. The highest BCUT2D eigenvalue weighted by molar-refractivity contribution is 7.99. The summed E-state index contributed by atoms with van der Waals surface area (Å²) < 4.78 is 0. The molecule has 0 aromatic carbocycles. The molecule has 2 unspecified atom stereocenters. The van der Waals surface area contributed by atoms with Crippen LogP contribution in [-0.4, -0.2) is 39.2 Å². The molecule has 0 aromatic heterocycles. The first kappa shape index (κ1) is 20.9. The van der Waals surface area contributed by atoms with Gasteiger partial charge in [0.2, 0.25) is 0 Å². The lowest BCUT2D eigenvalue weighted by Crippen LogP contribution is -2.57. The van der Waals surface area contributed by atoms with Gasteiger partial charge in [0.1, 0.15) is 0 Å². The van der Waals surface area contributed by atoms with E-state index in [0.717, 1.165) is 44.3 Å². The molecule has 3 saturated carbocycles. The zero-order valence-electron chi connectivity index (χ0n) is 17.9. The monoisotopic (exact) mass is 406 g/mol. The lowest BCUT2D eigenvalue weighted by molar-refractivity contribution is -0.132. The molecule has 2 N–H and O–H groups in total. The molecular weight excluding hydrogens is 368 g/mol. The molecule has 4 heteroatoms. The van der Waals surface area contributed by atoms with E-state index in [0.29, 0.717) is 41.6 Å². The molecule has 3 fully saturated rings. The Balaban J connectivity index is 1.70. The van der Waals surface area contributed by atoms with Crippen LogP contribution in [0.2, 0.25) is 0 Å². The highest BCUT2D eigenvalue weighted by atomic mass is 32.2. The third-order valence-electron chi connectivity index (χ3n) is 9.41. The SMILES string of the molecule is CCSC1CC2=CC(=O)CC[C@]2(C)[C@@H]2CC[C@@]3(C)[C@@H](CCC3(O)CCCO)[C@H]12. The minimum absolute atomic E-state index is 0.0298. The van der Waals surface area contributed by atoms with E-state index >= 15 is 0 Å². The molecule has 0 saturated heterocycles. The predicted molar refractivity (Wildman–Crippen MR) is 115 cm³/mol. The third kappa shape index (κ3) is 2.96. The summed E-state index contributed by atoms with van der Waals surface area (Å²) >= 11 is 2.09. The van der Waals surface area contributed by atoms with Gasteiger partial charge in [-0.2, -0.15) is 11.8 Å². The van der Waals surface area contributed by atoms with Crippen molar-refractivity contribution in [2.45, 2.75) is 89.4 Å². The Bertz CT molecular complexity index is 660. The van der Waals surface area contributed by atoms with Crippen LogP contribution in [0, 0.1) is 28.6 Å². The first-order chi connectivity index (χ1) is 13.3. The van der Waals surface area contributed by atoms with Gasteiger partial charge in [-0.05, 0) is 91.8 Å². The minimum atomic E-state index is -0.619. The number of aliphatic hydroxyl groups excluding tert-OH is 1. The zero-order chi connectivity index (χ0) is 20.2. The summed E-state index contributed by atoms with van der Waals surface area (Å²) in [5.74, 6) is 3.29. The van der Waals surface area contributed by atoms with Gasteiger partial charge in [-0.15, -0.1) is 0 Å². The molecule has 0 bridgehead atoms. The number of aliphatic hydroxyl groups is 2. The average molecular weight is 407 g/mol. The first-order valence-corrected chi connectivity index (χ1v) is 12.5. The van der Waals surface area contributed by atoms with Crippen LogP contribution in [0.15, 0.2) is 11.6 Å². The summed E-state index contributed by atoms with van der Waals surface area (Å²) in [6.45, 7) is 7.21. The Kier molecular flexibility index (Phi) is 5.55. The van der Waals surface area contributed by atoms with E-state index in [1.165, 1.54) is 12.0 Å². The smallest absolute Gasteiger partial charge is 0.155 e. The number of hydrogen-bond donors (Lipinski definition) is 2. The molecule has 0 radical (unpaired) electrons. The van der Waals surface area contributed by atoms with Crippen molar-refractivity contribution in [1.82, 2.24) is 0 Å². The molecule has 28 heavy (non-hydrogen) atoms. The molecule has 4 rings (SSSR count). The Hall–Kier alpha value is -0.320. The van der Waals surface area contributed by atoms with Crippen LogP contribution in [-0.2, 0) is 4.79 Å². The van der Waals surface area contributed by atoms with Gasteiger partial charge in [-0.3, -0.25) is 4.79 Å². The molecule has 158 valence electrons. The van der Waals surface area contributed by atoms with Gasteiger partial charge < -0.3 is 10.2 Å². The highest BCUT2D eigenvalue weighted by Gasteiger charge is 2.65. The lowest BCUT2D eigenvalue weighted by Gasteiger charge is -2.61. The predicted octanol–water partition coefficient (Wildman–Crippen LogP) is 4.75. The molecule has 3 nitrogen and oxygen atoms in total. The lowest BCUT2D eigenvalue weighted by atomic mass is 9.46. The number of allylic oxidation sites excluding steroid dienone is 1. The molecule has 0 aromatic rings. The summed E-state index contributed by atoms with van der Waals surface area (Å²) in [4.78, 5) is 12.2. The van der Waals surface area contributed by atoms with Crippen molar-refractivity contribution in [1.29, 1.82) is 0 Å². The van der Waals surface area contributed by atoms with Gasteiger partial charge in [0.05, 0.1) is 5.60 Å². The van der Waals surface area contributed by atoms with Crippen molar-refractivity contribution in [3.63, 3.8) is 0 Å². The molecule has 7 atom stereocenters. The number of thioether (sulfide) groups is 1. The van der Waals surface area contributed by atoms with Crippen molar-refractivity contribution < 1.29 is 15.0 Å². The van der Waals surface area contributed by atoms with Gasteiger partial charge in [0.25, 0.3) is 0 Å². The van der Waals surface area contributed by atoms with Gasteiger partial charge in [-0.25, -0.2) is 0 Å². The number of fused-ring (bicyclic) bond motifs is 5. The normalized spacial score (nSPS) is 47.9. The van der Waals surface area contributed by atoms with Crippen LogP contribution in [0.5, 0.6) is 0 Å². The van der Waals surface area contributed by atoms with E-state index in [4.69, 9.17) is 0 Å². The summed E-state index contributed by atoms with van der Waals surface area (Å²) in [5.41, 5.74) is 0.953. The van der Waals surface area contributed by atoms with E-state index in [1.54, 1.807) is 0 Å². The van der Waals surface area contributed by atoms with Crippen LogP contribution in [0.3, 0.4) is 0 Å². The first-order valence-electron chi connectivity index (χ1n) is 11.5. The van der Waals surface area contributed by atoms with Gasteiger partial charge in [-0.1, -0.05) is 26.3 Å². The van der Waals surface area contributed by atoms with Crippen LogP contribution in [0.25, 0.3) is 0 Å². The zero-order valence-corrected chi connectivity index (χ0v) is 18.7. The molecule has 0 amide bonds. The quantitative estimate of drug-likeness (QED) is 0.691. The second-order valence-electron chi connectivity index (χ2n) is 10.4. The van der Waals surface area contributed by atoms with Crippen LogP contribution in [0.4, 0.5) is 0 Å². The van der Waals surface area contributed by atoms with Crippen molar-refractivity contribution in [3.8, 4) is 0 Å². The van der Waals surface area contributed by atoms with E-state index < -0.39 is 5.60 Å². The highest BCUT2D eigenvalue weighted by Crippen LogP contribution is 2.69. The second-order valence-corrected chi connectivity index (χ2v) is 11.9. The Morgan fingerprint density at radius 2 is 1.93 bits per heavy atom. The average Bonchev–Trinajstić information content (AvgIpc) is 2.93. The van der Waals surface area contributed by atoms with Gasteiger partial charge >= 0.3 is 0 Å².